The van der Waals surface area contributed by atoms with E-state index in [9.17, 15) is 25.2 Å². The predicted octanol–water partition coefficient (Wildman–Crippen LogP) is 0.480. The Bertz CT molecular complexity index is 912. The highest BCUT2D eigenvalue weighted by Crippen LogP contribution is 2.31. The molecule has 8 nitrogen and oxygen atoms in total. The summed E-state index contributed by atoms with van der Waals surface area (Å²) < 4.78 is 16.6. The van der Waals surface area contributed by atoms with Gasteiger partial charge in [0.25, 0.3) is 0 Å². The van der Waals surface area contributed by atoms with Gasteiger partial charge in [0.05, 0.1) is 6.61 Å². The summed E-state index contributed by atoms with van der Waals surface area (Å²) in [6, 6.07) is 6.32. The minimum atomic E-state index is -1.55. The van der Waals surface area contributed by atoms with Gasteiger partial charge >= 0.3 is 5.63 Å². The Morgan fingerprint density at radius 2 is 1.82 bits per heavy atom. The van der Waals surface area contributed by atoms with Crippen molar-refractivity contribution in [1.82, 2.24) is 0 Å². The van der Waals surface area contributed by atoms with Crippen molar-refractivity contribution >= 4 is 11.0 Å². The second-order valence-electron chi connectivity index (χ2n) is 7.02. The van der Waals surface area contributed by atoms with E-state index in [1.165, 1.54) is 6.07 Å². The standard InChI is InChI=1S/C20H24O8/c1-10(2)3-6-12-13(7-4-11-5-8-15(22)28-19(11)12)26-20-18(25)17(24)16(23)14(9-21)27-20/h3-5,7-8,14,16-18,20-21,23-25H,6,9H2,1-2H3/t14-,16-,17+,18-,20-/m1/s1. The molecule has 152 valence electrons. The Kier molecular flexibility index (Phi) is 6.17. The molecule has 1 aliphatic rings. The van der Waals surface area contributed by atoms with Crippen LogP contribution in [0.2, 0.25) is 0 Å². The third-order valence-corrected chi connectivity index (χ3v) is 4.66. The van der Waals surface area contributed by atoms with E-state index in [0.717, 1.165) is 5.57 Å². The average molecular weight is 392 g/mol. The van der Waals surface area contributed by atoms with Crippen molar-refractivity contribution in [3.63, 3.8) is 0 Å². The van der Waals surface area contributed by atoms with Crippen LogP contribution in [0.15, 0.2) is 45.1 Å². The Hall–Kier alpha value is -2.23. The van der Waals surface area contributed by atoms with Crippen LogP contribution in [0.3, 0.4) is 0 Å². The number of rotatable bonds is 5. The molecule has 0 spiro atoms. The Morgan fingerprint density at radius 3 is 2.50 bits per heavy atom. The topological polar surface area (TPSA) is 130 Å². The van der Waals surface area contributed by atoms with Crippen molar-refractivity contribution in [1.29, 1.82) is 0 Å². The van der Waals surface area contributed by atoms with Crippen LogP contribution in [-0.2, 0) is 11.2 Å². The first-order chi connectivity index (χ1) is 13.3. The van der Waals surface area contributed by atoms with Gasteiger partial charge in [-0.05, 0) is 38.5 Å². The van der Waals surface area contributed by atoms with E-state index in [1.807, 2.05) is 19.9 Å². The largest absolute Gasteiger partial charge is 0.462 e. The lowest BCUT2D eigenvalue weighted by Gasteiger charge is -2.39. The zero-order valence-corrected chi connectivity index (χ0v) is 15.6. The van der Waals surface area contributed by atoms with Crippen LogP contribution in [0.4, 0.5) is 0 Å². The van der Waals surface area contributed by atoms with Crippen molar-refractivity contribution in [2.45, 2.75) is 51.0 Å². The molecule has 4 N–H and O–H groups in total. The fourth-order valence-corrected chi connectivity index (χ4v) is 3.07. The molecule has 0 saturated carbocycles. The van der Waals surface area contributed by atoms with Gasteiger partial charge in [0, 0.05) is 17.0 Å². The number of hydrogen-bond donors (Lipinski definition) is 4. The molecule has 28 heavy (non-hydrogen) atoms. The van der Waals surface area contributed by atoms with E-state index in [-0.39, 0.29) is 0 Å². The van der Waals surface area contributed by atoms with E-state index >= 15 is 0 Å². The van der Waals surface area contributed by atoms with Gasteiger partial charge in [-0.3, -0.25) is 0 Å². The molecule has 2 aromatic rings. The van der Waals surface area contributed by atoms with Crippen molar-refractivity contribution in [2.24, 2.45) is 0 Å². The summed E-state index contributed by atoms with van der Waals surface area (Å²) in [5.41, 5.74) is 1.48. The molecule has 1 fully saturated rings. The summed E-state index contributed by atoms with van der Waals surface area (Å²) >= 11 is 0. The highest BCUT2D eigenvalue weighted by Gasteiger charge is 2.44. The monoisotopic (exact) mass is 392 g/mol. The van der Waals surface area contributed by atoms with Crippen molar-refractivity contribution in [2.75, 3.05) is 6.61 Å². The first-order valence-electron chi connectivity index (χ1n) is 8.98. The molecule has 0 radical (unpaired) electrons. The molecule has 1 saturated heterocycles. The van der Waals surface area contributed by atoms with E-state index in [4.69, 9.17) is 13.9 Å². The summed E-state index contributed by atoms with van der Waals surface area (Å²) in [6.45, 7) is 3.31. The number of aliphatic hydroxyl groups is 4. The molecule has 1 aromatic carbocycles. The number of aliphatic hydroxyl groups excluding tert-OH is 4. The highest BCUT2D eigenvalue weighted by molar-refractivity contribution is 5.82. The summed E-state index contributed by atoms with van der Waals surface area (Å²) in [5.74, 6) is 0.295. The number of allylic oxidation sites excluding steroid dienone is 2. The molecule has 1 aromatic heterocycles. The quantitative estimate of drug-likeness (QED) is 0.427. The van der Waals surface area contributed by atoms with E-state index in [1.54, 1.807) is 18.2 Å². The van der Waals surface area contributed by atoms with Gasteiger partial charge in [-0.2, -0.15) is 0 Å². The van der Waals surface area contributed by atoms with Gasteiger partial charge in [0.1, 0.15) is 35.7 Å². The number of benzene rings is 1. The van der Waals surface area contributed by atoms with Gasteiger partial charge in [-0.15, -0.1) is 0 Å². The smallest absolute Gasteiger partial charge is 0.336 e. The van der Waals surface area contributed by atoms with Crippen molar-refractivity contribution in [3.05, 3.63) is 51.9 Å². The average Bonchev–Trinajstić information content (AvgIpc) is 2.67. The van der Waals surface area contributed by atoms with E-state index in [0.29, 0.717) is 28.7 Å². The molecule has 0 amide bonds. The maximum atomic E-state index is 11.7. The van der Waals surface area contributed by atoms with Crippen LogP contribution in [0.5, 0.6) is 5.75 Å². The number of fused-ring (bicyclic) bond motifs is 1. The van der Waals surface area contributed by atoms with Crippen LogP contribution in [0.1, 0.15) is 19.4 Å². The predicted molar refractivity (Wildman–Crippen MR) is 100 cm³/mol. The zero-order valence-electron chi connectivity index (χ0n) is 15.6. The third kappa shape index (κ3) is 4.11. The molecule has 0 unspecified atom stereocenters. The first kappa shape index (κ1) is 20.5. The van der Waals surface area contributed by atoms with Gasteiger partial charge in [-0.1, -0.05) is 11.6 Å². The summed E-state index contributed by atoms with van der Waals surface area (Å²) in [5, 5.41) is 40.1. The molecular formula is C20H24O8. The van der Waals surface area contributed by atoms with Crippen molar-refractivity contribution < 1.29 is 34.3 Å². The maximum Gasteiger partial charge on any atom is 0.336 e. The fourth-order valence-electron chi connectivity index (χ4n) is 3.07. The molecule has 0 aliphatic carbocycles. The molecule has 8 heteroatoms. The summed E-state index contributed by atoms with van der Waals surface area (Å²) in [6.07, 6.45) is -4.62. The SMILES string of the molecule is CC(C)=CCc1c(O[C@@H]2O[C@H](CO)[C@@H](O)[C@H](O)[C@H]2O)ccc2ccc(=O)oc12. The molecule has 1 aliphatic heterocycles. The van der Waals surface area contributed by atoms with Gasteiger partial charge in [0.2, 0.25) is 6.29 Å². The van der Waals surface area contributed by atoms with Crippen LogP contribution < -0.4 is 10.4 Å². The highest BCUT2D eigenvalue weighted by atomic mass is 16.7. The van der Waals surface area contributed by atoms with Gasteiger partial charge < -0.3 is 34.3 Å². The molecular weight excluding hydrogens is 368 g/mol. The van der Waals surface area contributed by atoms with E-state index in [2.05, 4.69) is 0 Å². The zero-order chi connectivity index (χ0) is 20.4. The minimum Gasteiger partial charge on any atom is -0.462 e. The molecule has 2 heterocycles. The second-order valence-corrected chi connectivity index (χ2v) is 7.02. The Morgan fingerprint density at radius 1 is 1.11 bits per heavy atom. The Balaban J connectivity index is 2.01. The third-order valence-electron chi connectivity index (χ3n) is 4.66. The lowest BCUT2D eigenvalue weighted by atomic mass is 9.99. The van der Waals surface area contributed by atoms with Gasteiger partial charge in [-0.25, -0.2) is 4.79 Å². The first-order valence-corrected chi connectivity index (χ1v) is 8.98. The van der Waals surface area contributed by atoms with Gasteiger partial charge in [0.15, 0.2) is 0 Å². The lowest BCUT2D eigenvalue weighted by molar-refractivity contribution is -0.277. The maximum absolute atomic E-state index is 11.7. The summed E-state index contributed by atoms with van der Waals surface area (Å²) in [7, 11) is 0. The number of hydrogen-bond acceptors (Lipinski definition) is 8. The van der Waals surface area contributed by atoms with Crippen LogP contribution >= 0.6 is 0 Å². The summed E-state index contributed by atoms with van der Waals surface area (Å²) in [4.78, 5) is 11.7. The second kappa shape index (κ2) is 8.42. The lowest BCUT2D eigenvalue weighted by Crippen LogP contribution is -2.60. The Labute approximate surface area is 161 Å². The molecule has 3 rings (SSSR count). The molecule has 5 atom stereocenters. The van der Waals surface area contributed by atoms with Crippen LogP contribution in [-0.4, -0.2) is 57.7 Å². The number of ether oxygens (including phenoxy) is 2. The molecule has 0 bridgehead atoms. The normalized spacial score (nSPS) is 27.6. The fraction of sp³-hybridized carbons (Fsp3) is 0.450. The van der Waals surface area contributed by atoms with Crippen LogP contribution in [0.25, 0.3) is 11.0 Å². The van der Waals surface area contributed by atoms with E-state index < -0.39 is 42.9 Å². The van der Waals surface area contributed by atoms with Crippen LogP contribution in [0, 0.1) is 0 Å². The van der Waals surface area contributed by atoms with Crippen molar-refractivity contribution in [3.8, 4) is 5.75 Å². The minimum absolute atomic E-state index is 0.295.